The first kappa shape index (κ1) is 15.4. The van der Waals surface area contributed by atoms with Crippen LogP contribution in [0.5, 0.6) is 0 Å². The highest BCUT2D eigenvalue weighted by Gasteiger charge is 2.20. The lowest BCUT2D eigenvalue weighted by Crippen LogP contribution is -2.28. The Balaban J connectivity index is 1.47. The number of halogens is 1. The van der Waals surface area contributed by atoms with Crippen molar-refractivity contribution in [3.8, 4) is 0 Å². The van der Waals surface area contributed by atoms with Crippen LogP contribution < -0.4 is 5.32 Å². The van der Waals surface area contributed by atoms with Gasteiger partial charge in [0.05, 0.1) is 18.4 Å². The van der Waals surface area contributed by atoms with Crippen LogP contribution in [-0.2, 0) is 19.4 Å². The van der Waals surface area contributed by atoms with Gasteiger partial charge in [-0.1, -0.05) is 51.5 Å². The third kappa shape index (κ3) is 3.36. The summed E-state index contributed by atoms with van der Waals surface area (Å²) in [6.07, 6.45) is 5.06. The van der Waals surface area contributed by atoms with E-state index in [4.69, 9.17) is 0 Å². The molecule has 24 heavy (non-hydrogen) atoms. The minimum Gasteiger partial charge on any atom is -0.382 e. The van der Waals surface area contributed by atoms with E-state index in [1.807, 2.05) is 16.9 Å². The van der Waals surface area contributed by atoms with Crippen LogP contribution in [0.3, 0.4) is 0 Å². The summed E-state index contributed by atoms with van der Waals surface area (Å²) in [7, 11) is 0. The Hall–Kier alpha value is -2.14. The van der Waals surface area contributed by atoms with E-state index in [0.717, 1.165) is 30.3 Å². The van der Waals surface area contributed by atoms with Crippen LogP contribution in [0.1, 0.15) is 23.2 Å². The molecular formula is C19H19BrN4. The van der Waals surface area contributed by atoms with E-state index in [-0.39, 0.29) is 0 Å². The molecule has 0 saturated heterocycles. The molecule has 1 atom stereocenters. The molecule has 0 fully saturated rings. The summed E-state index contributed by atoms with van der Waals surface area (Å²) in [4.78, 5) is 0. The van der Waals surface area contributed by atoms with E-state index in [2.05, 4.69) is 74.0 Å². The fraction of sp³-hybridized carbons (Fsp3) is 0.263. The number of hydrogen-bond acceptors (Lipinski definition) is 3. The molecule has 2 heterocycles. The Labute approximate surface area is 150 Å². The Morgan fingerprint density at radius 3 is 2.92 bits per heavy atom. The van der Waals surface area contributed by atoms with Crippen molar-refractivity contribution in [3.05, 3.63) is 76.0 Å². The first-order valence-corrected chi connectivity index (χ1v) is 9.03. The zero-order valence-electron chi connectivity index (χ0n) is 13.3. The van der Waals surface area contributed by atoms with E-state index in [1.165, 1.54) is 22.5 Å². The Morgan fingerprint density at radius 2 is 2.04 bits per heavy atom. The largest absolute Gasteiger partial charge is 0.382 e. The van der Waals surface area contributed by atoms with Crippen LogP contribution in [0.15, 0.2) is 59.2 Å². The molecule has 3 aromatic rings. The van der Waals surface area contributed by atoms with Gasteiger partial charge in [-0.3, -0.25) is 0 Å². The second-order valence-corrected chi connectivity index (χ2v) is 7.17. The molecule has 0 aliphatic carbocycles. The van der Waals surface area contributed by atoms with Crippen LogP contribution in [0.4, 0.5) is 5.69 Å². The fourth-order valence-electron chi connectivity index (χ4n) is 3.26. The van der Waals surface area contributed by atoms with Crippen LogP contribution in [0.25, 0.3) is 0 Å². The van der Waals surface area contributed by atoms with Gasteiger partial charge >= 0.3 is 0 Å². The van der Waals surface area contributed by atoms with Gasteiger partial charge < -0.3 is 5.32 Å². The summed E-state index contributed by atoms with van der Waals surface area (Å²) in [6, 6.07) is 17.3. The van der Waals surface area contributed by atoms with Crippen molar-refractivity contribution in [2.75, 3.05) is 5.32 Å². The van der Waals surface area contributed by atoms with Gasteiger partial charge in [0.15, 0.2) is 0 Å². The van der Waals surface area contributed by atoms with Gasteiger partial charge in [-0.15, -0.1) is 5.10 Å². The molecule has 2 aromatic carbocycles. The maximum absolute atomic E-state index is 4.27. The first-order valence-electron chi connectivity index (χ1n) is 8.24. The van der Waals surface area contributed by atoms with Gasteiger partial charge in [0.1, 0.15) is 0 Å². The maximum atomic E-state index is 4.27. The number of aryl methyl sites for hydroxylation is 1. The number of nitrogens with zero attached hydrogens (tertiary/aromatic N) is 3. The van der Waals surface area contributed by atoms with Gasteiger partial charge in [0.2, 0.25) is 0 Å². The zero-order valence-corrected chi connectivity index (χ0v) is 14.9. The van der Waals surface area contributed by atoms with Crippen molar-refractivity contribution in [2.24, 2.45) is 0 Å². The van der Waals surface area contributed by atoms with E-state index >= 15 is 0 Å². The van der Waals surface area contributed by atoms with Crippen LogP contribution in [0, 0.1) is 0 Å². The normalized spacial score (nSPS) is 16.5. The molecule has 1 unspecified atom stereocenters. The lowest BCUT2D eigenvalue weighted by Gasteiger charge is -2.27. The molecule has 0 radical (unpaired) electrons. The second kappa shape index (κ2) is 6.77. The zero-order chi connectivity index (χ0) is 16.4. The molecule has 0 spiro atoms. The van der Waals surface area contributed by atoms with Crippen molar-refractivity contribution in [1.29, 1.82) is 0 Å². The number of benzene rings is 2. The molecular weight excluding hydrogens is 364 g/mol. The van der Waals surface area contributed by atoms with Gasteiger partial charge in [-0.2, -0.15) is 0 Å². The van der Waals surface area contributed by atoms with Crippen LogP contribution in [0.2, 0.25) is 0 Å². The molecule has 0 bridgehead atoms. The minimum absolute atomic E-state index is 0.423. The molecule has 1 aliphatic heterocycles. The van der Waals surface area contributed by atoms with Gasteiger partial charge in [-0.25, -0.2) is 4.68 Å². The molecule has 122 valence electrons. The Kier molecular flexibility index (Phi) is 4.34. The average molecular weight is 383 g/mol. The van der Waals surface area contributed by atoms with E-state index in [0.29, 0.717) is 6.04 Å². The van der Waals surface area contributed by atoms with Gasteiger partial charge in [0.25, 0.3) is 0 Å². The molecule has 4 nitrogen and oxygen atoms in total. The number of aromatic nitrogens is 3. The average Bonchev–Trinajstić information content (AvgIpc) is 3.03. The van der Waals surface area contributed by atoms with Crippen molar-refractivity contribution >= 4 is 21.6 Å². The summed E-state index contributed by atoms with van der Waals surface area (Å²) in [5.74, 6) is 0. The SMILES string of the molecule is Brc1ccc2c(c1)CCC(Cc1cnnn1Cc1ccccc1)N2. The predicted molar refractivity (Wildman–Crippen MR) is 99.1 cm³/mol. The number of rotatable bonds is 4. The smallest absolute Gasteiger partial charge is 0.0726 e. The van der Waals surface area contributed by atoms with Crippen LogP contribution >= 0.6 is 15.9 Å². The Morgan fingerprint density at radius 1 is 1.17 bits per heavy atom. The lowest BCUT2D eigenvalue weighted by molar-refractivity contribution is 0.568. The first-order chi connectivity index (χ1) is 11.8. The van der Waals surface area contributed by atoms with Crippen molar-refractivity contribution in [2.45, 2.75) is 31.8 Å². The number of hydrogen-bond donors (Lipinski definition) is 1. The molecule has 1 aromatic heterocycles. The second-order valence-electron chi connectivity index (χ2n) is 6.25. The summed E-state index contributed by atoms with van der Waals surface area (Å²) in [5.41, 5.74) is 5.06. The monoisotopic (exact) mass is 382 g/mol. The highest BCUT2D eigenvalue weighted by atomic mass is 79.9. The van der Waals surface area contributed by atoms with E-state index < -0.39 is 0 Å². The summed E-state index contributed by atoms with van der Waals surface area (Å²) >= 11 is 3.55. The maximum Gasteiger partial charge on any atom is 0.0726 e. The van der Waals surface area contributed by atoms with Crippen LogP contribution in [-0.4, -0.2) is 21.0 Å². The highest BCUT2D eigenvalue weighted by molar-refractivity contribution is 9.10. The summed E-state index contributed by atoms with van der Waals surface area (Å²) in [6.45, 7) is 0.770. The summed E-state index contributed by atoms with van der Waals surface area (Å²) < 4.78 is 3.15. The van der Waals surface area contributed by atoms with E-state index in [1.54, 1.807) is 0 Å². The van der Waals surface area contributed by atoms with Gasteiger partial charge in [-0.05, 0) is 42.2 Å². The highest BCUT2D eigenvalue weighted by Crippen LogP contribution is 2.28. The third-order valence-corrected chi connectivity index (χ3v) is 5.01. The molecule has 0 amide bonds. The van der Waals surface area contributed by atoms with Crippen molar-refractivity contribution in [3.63, 3.8) is 0 Å². The standard InChI is InChI=1S/C19H19BrN4/c20-16-7-9-19-15(10-16)6-8-17(22-19)11-18-12-21-23-24(18)13-14-4-2-1-3-5-14/h1-5,7,9-10,12,17,22H,6,8,11,13H2. The third-order valence-electron chi connectivity index (χ3n) is 4.52. The fourth-order valence-corrected chi connectivity index (χ4v) is 3.67. The van der Waals surface area contributed by atoms with Crippen molar-refractivity contribution < 1.29 is 0 Å². The Bertz CT molecular complexity index is 828. The number of fused-ring (bicyclic) bond motifs is 1. The molecule has 4 rings (SSSR count). The molecule has 1 aliphatic rings. The predicted octanol–water partition coefficient (Wildman–Crippen LogP) is 4.06. The lowest BCUT2D eigenvalue weighted by atomic mass is 9.95. The summed E-state index contributed by atoms with van der Waals surface area (Å²) in [5, 5.41) is 12.0. The molecule has 1 N–H and O–H groups in total. The molecule has 0 saturated carbocycles. The minimum atomic E-state index is 0.423. The quantitative estimate of drug-likeness (QED) is 0.739. The number of anilines is 1. The number of nitrogens with one attached hydrogen (secondary N) is 1. The topological polar surface area (TPSA) is 42.7 Å². The van der Waals surface area contributed by atoms with E-state index in [9.17, 15) is 0 Å². The van der Waals surface area contributed by atoms with Gasteiger partial charge in [0, 0.05) is 22.6 Å². The molecule has 5 heteroatoms. The van der Waals surface area contributed by atoms with Crippen molar-refractivity contribution in [1.82, 2.24) is 15.0 Å².